The number of hydrogen-bond acceptors (Lipinski definition) is 4. The van der Waals surface area contributed by atoms with Crippen LogP contribution < -0.4 is 5.73 Å². The molecule has 0 saturated carbocycles. The Labute approximate surface area is 117 Å². The van der Waals surface area contributed by atoms with Crippen LogP contribution in [0, 0.1) is 0 Å². The normalized spacial score (nSPS) is 11.2. The Kier molecular flexibility index (Phi) is 3.06. The van der Waals surface area contributed by atoms with Crippen molar-refractivity contribution in [3.05, 3.63) is 48.4 Å². The first-order chi connectivity index (χ1) is 9.65. The number of hydrogen-bond donors (Lipinski definition) is 1. The first-order valence-corrected chi connectivity index (χ1v) is 6.63. The number of nitrogens with zero attached hydrogens (tertiary/aromatic N) is 3. The van der Waals surface area contributed by atoms with Crippen LogP contribution in [0.4, 0.5) is 5.82 Å². The molecule has 4 heteroatoms. The zero-order valence-electron chi connectivity index (χ0n) is 11.5. The third-order valence-corrected chi connectivity index (χ3v) is 3.19. The van der Waals surface area contributed by atoms with Crippen LogP contribution in [0.3, 0.4) is 0 Å². The zero-order chi connectivity index (χ0) is 14.1. The fourth-order valence-electron chi connectivity index (χ4n) is 2.19. The summed E-state index contributed by atoms with van der Waals surface area (Å²) in [7, 11) is 0. The molecule has 1 aromatic carbocycles. The predicted octanol–water partition coefficient (Wildman–Crippen LogP) is 3.40. The Morgan fingerprint density at radius 3 is 2.65 bits per heavy atom. The summed E-state index contributed by atoms with van der Waals surface area (Å²) in [5.41, 5.74) is 8.65. The maximum absolute atomic E-state index is 5.91. The molecule has 0 amide bonds. The second kappa shape index (κ2) is 4.89. The lowest BCUT2D eigenvalue weighted by Gasteiger charge is -2.09. The molecule has 4 nitrogen and oxygen atoms in total. The Balaban J connectivity index is 2.25. The van der Waals surface area contributed by atoms with Crippen LogP contribution in [0.25, 0.3) is 22.2 Å². The molecule has 0 aliphatic carbocycles. The molecule has 0 aliphatic rings. The fraction of sp³-hybridized carbons (Fsp3) is 0.188. The Morgan fingerprint density at radius 2 is 1.85 bits per heavy atom. The Hall–Kier alpha value is -2.49. The average Bonchev–Trinajstić information content (AvgIpc) is 2.46. The fourth-order valence-corrected chi connectivity index (χ4v) is 2.19. The number of benzene rings is 1. The molecule has 0 aliphatic heterocycles. The minimum atomic E-state index is 0.236. The van der Waals surface area contributed by atoms with E-state index in [1.54, 1.807) is 12.3 Å². The highest BCUT2D eigenvalue weighted by atomic mass is 15.0. The molecule has 20 heavy (non-hydrogen) atoms. The van der Waals surface area contributed by atoms with Crippen molar-refractivity contribution in [3.63, 3.8) is 0 Å². The lowest BCUT2D eigenvalue weighted by Crippen LogP contribution is -2.03. The lowest BCUT2D eigenvalue weighted by atomic mass is 10.1. The zero-order valence-corrected chi connectivity index (χ0v) is 11.5. The van der Waals surface area contributed by atoms with E-state index in [2.05, 4.69) is 28.8 Å². The monoisotopic (exact) mass is 264 g/mol. The molecule has 0 saturated heterocycles. The van der Waals surface area contributed by atoms with E-state index in [4.69, 9.17) is 5.73 Å². The number of fused-ring (bicyclic) bond motifs is 1. The summed E-state index contributed by atoms with van der Waals surface area (Å²) in [6.45, 7) is 4.11. The van der Waals surface area contributed by atoms with Gasteiger partial charge in [-0.05, 0) is 6.07 Å². The van der Waals surface area contributed by atoms with Crippen molar-refractivity contribution < 1.29 is 0 Å². The predicted molar refractivity (Wildman–Crippen MR) is 81.3 cm³/mol. The number of aromatic nitrogens is 3. The van der Waals surface area contributed by atoms with Gasteiger partial charge >= 0.3 is 0 Å². The quantitative estimate of drug-likeness (QED) is 0.770. The van der Waals surface area contributed by atoms with E-state index in [9.17, 15) is 0 Å². The van der Waals surface area contributed by atoms with E-state index in [1.807, 2.05) is 30.3 Å². The molecule has 100 valence electrons. The summed E-state index contributed by atoms with van der Waals surface area (Å²) in [6.07, 6.45) is 1.79. The SMILES string of the molecule is CC(C)c1nc(N)cc(-c2cccc3cccnc23)n1. The summed E-state index contributed by atoms with van der Waals surface area (Å²) in [5.74, 6) is 1.49. The second-order valence-electron chi connectivity index (χ2n) is 5.07. The molecule has 2 N–H and O–H groups in total. The molecular weight excluding hydrogens is 248 g/mol. The van der Waals surface area contributed by atoms with E-state index in [0.29, 0.717) is 5.82 Å². The van der Waals surface area contributed by atoms with Crippen molar-refractivity contribution >= 4 is 16.7 Å². The van der Waals surface area contributed by atoms with E-state index < -0.39 is 0 Å². The Morgan fingerprint density at radius 1 is 1.05 bits per heavy atom. The molecule has 0 bridgehead atoms. The number of anilines is 1. The molecule has 0 radical (unpaired) electrons. The molecule has 2 heterocycles. The van der Waals surface area contributed by atoms with E-state index in [0.717, 1.165) is 28.0 Å². The van der Waals surface area contributed by atoms with Crippen molar-refractivity contribution in [2.24, 2.45) is 0 Å². The van der Waals surface area contributed by atoms with Crippen LogP contribution in [0.1, 0.15) is 25.6 Å². The van der Waals surface area contributed by atoms with Gasteiger partial charge < -0.3 is 5.73 Å². The van der Waals surface area contributed by atoms with Gasteiger partial charge in [-0.15, -0.1) is 0 Å². The van der Waals surface area contributed by atoms with Gasteiger partial charge in [-0.2, -0.15) is 0 Å². The molecule has 0 fully saturated rings. The minimum Gasteiger partial charge on any atom is -0.384 e. The summed E-state index contributed by atoms with van der Waals surface area (Å²) < 4.78 is 0. The van der Waals surface area contributed by atoms with Crippen LogP contribution in [0.15, 0.2) is 42.6 Å². The van der Waals surface area contributed by atoms with Gasteiger partial charge in [0.2, 0.25) is 0 Å². The standard InChI is InChI=1S/C16H16N4/c1-10(2)16-19-13(9-14(17)20-16)12-7-3-5-11-6-4-8-18-15(11)12/h3-10H,1-2H3,(H2,17,19,20). The van der Waals surface area contributed by atoms with Crippen molar-refractivity contribution in [2.75, 3.05) is 5.73 Å². The molecule has 2 aromatic heterocycles. The number of rotatable bonds is 2. The van der Waals surface area contributed by atoms with E-state index in [1.165, 1.54) is 0 Å². The summed E-state index contributed by atoms with van der Waals surface area (Å²) >= 11 is 0. The van der Waals surface area contributed by atoms with Gasteiger partial charge in [0.1, 0.15) is 11.6 Å². The van der Waals surface area contributed by atoms with Gasteiger partial charge in [0, 0.05) is 29.1 Å². The highest BCUT2D eigenvalue weighted by molar-refractivity contribution is 5.92. The number of nitrogen functional groups attached to an aromatic ring is 1. The third-order valence-electron chi connectivity index (χ3n) is 3.19. The van der Waals surface area contributed by atoms with Gasteiger partial charge in [0.05, 0.1) is 11.2 Å². The maximum Gasteiger partial charge on any atom is 0.133 e. The van der Waals surface area contributed by atoms with Crippen LogP contribution >= 0.6 is 0 Å². The van der Waals surface area contributed by atoms with Gasteiger partial charge in [0.15, 0.2) is 0 Å². The van der Waals surface area contributed by atoms with E-state index in [-0.39, 0.29) is 5.92 Å². The average molecular weight is 264 g/mol. The molecule has 3 rings (SSSR count). The topological polar surface area (TPSA) is 64.7 Å². The largest absolute Gasteiger partial charge is 0.384 e. The summed E-state index contributed by atoms with van der Waals surface area (Å²) in [6, 6.07) is 11.8. The molecule has 0 atom stereocenters. The lowest BCUT2D eigenvalue weighted by molar-refractivity contribution is 0.779. The molecule has 0 spiro atoms. The van der Waals surface area contributed by atoms with Crippen LogP contribution in [-0.2, 0) is 0 Å². The van der Waals surface area contributed by atoms with Crippen molar-refractivity contribution in [1.82, 2.24) is 15.0 Å². The first kappa shape index (κ1) is 12.5. The highest BCUT2D eigenvalue weighted by Gasteiger charge is 2.11. The summed E-state index contributed by atoms with van der Waals surface area (Å²) in [4.78, 5) is 13.4. The second-order valence-corrected chi connectivity index (χ2v) is 5.07. The highest BCUT2D eigenvalue weighted by Crippen LogP contribution is 2.27. The van der Waals surface area contributed by atoms with Gasteiger partial charge in [0.25, 0.3) is 0 Å². The molecule has 0 unspecified atom stereocenters. The molecular formula is C16H16N4. The van der Waals surface area contributed by atoms with Crippen molar-refractivity contribution in [3.8, 4) is 11.3 Å². The third kappa shape index (κ3) is 2.20. The molecule has 3 aromatic rings. The number of para-hydroxylation sites is 1. The minimum absolute atomic E-state index is 0.236. The van der Waals surface area contributed by atoms with Crippen molar-refractivity contribution in [2.45, 2.75) is 19.8 Å². The van der Waals surface area contributed by atoms with Gasteiger partial charge in [-0.1, -0.05) is 38.1 Å². The van der Waals surface area contributed by atoms with Gasteiger partial charge in [-0.3, -0.25) is 4.98 Å². The van der Waals surface area contributed by atoms with Crippen molar-refractivity contribution in [1.29, 1.82) is 0 Å². The van der Waals surface area contributed by atoms with Crippen LogP contribution in [0.2, 0.25) is 0 Å². The smallest absolute Gasteiger partial charge is 0.133 e. The van der Waals surface area contributed by atoms with E-state index >= 15 is 0 Å². The number of pyridine rings is 1. The van der Waals surface area contributed by atoms with Crippen LogP contribution in [-0.4, -0.2) is 15.0 Å². The number of nitrogens with two attached hydrogens (primary N) is 1. The maximum atomic E-state index is 5.91. The summed E-state index contributed by atoms with van der Waals surface area (Å²) in [5, 5.41) is 1.09. The van der Waals surface area contributed by atoms with Gasteiger partial charge in [-0.25, -0.2) is 9.97 Å². The Bertz CT molecular complexity index is 760. The van der Waals surface area contributed by atoms with Crippen LogP contribution in [0.5, 0.6) is 0 Å². The first-order valence-electron chi connectivity index (χ1n) is 6.63.